The van der Waals surface area contributed by atoms with Crippen molar-refractivity contribution in [2.75, 3.05) is 13.1 Å². The second-order valence-electron chi connectivity index (χ2n) is 5.91. The highest BCUT2D eigenvalue weighted by Crippen LogP contribution is 2.28. The van der Waals surface area contributed by atoms with E-state index < -0.39 is 12.2 Å². The first-order valence-electron chi connectivity index (χ1n) is 7.29. The van der Waals surface area contributed by atoms with Crippen LogP contribution in [0.25, 0.3) is 10.9 Å². The molecule has 0 aliphatic heterocycles. The lowest BCUT2D eigenvalue weighted by molar-refractivity contribution is -0.0487. The molecule has 0 bridgehead atoms. The summed E-state index contributed by atoms with van der Waals surface area (Å²) in [5.41, 5.74) is -0.232. The standard InChI is InChI=1S/C16H20F2N2O3/c1-4-20(9-16(2,3)22)14(21)12-8-10-11(19-12)6-5-7-13(10)23-15(17)18/h5-8,15,19,22H,4,9H2,1-3H3. The van der Waals surface area contributed by atoms with Gasteiger partial charge in [-0.25, -0.2) is 0 Å². The van der Waals surface area contributed by atoms with Crippen molar-refractivity contribution in [1.82, 2.24) is 9.88 Å². The summed E-state index contributed by atoms with van der Waals surface area (Å²) in [6.07, 6.45) is 0. The molecule has 1 heterocycles. The molecule has 0 saturated heterocycles. The van der Waals surface area contributed by atoms with Gasteiger partial charge in [0, 0.05) is 24.0 Å². The van der Waals surface area contributed by atoms with Crippen molar-refractivity contribution in [3.63, 3.8) is 0 Å². The lowest BCUT2D eigenvalue weighted by Gasteiger charge is -2.27. The molecule has 1 aromatic carbocycles. The Morgan fingerprint density at radius 3 is 2.70 bits per heavy atom. The monoisotopic (exact) mass is 326 g/mol. The van der Waals surface area contributed by atoms with Crippen LogP contribution in [0.1, 0.15) is 31.3 Å². The Morgan fingerprint density at radius 2 is 2.13 bits per heavy atom. The first kappa shape index (κ1) is 17.2. The Bertz CT molecular complexity index is 692. The van der Waals surface area contributed by atoms with Crippen LogP contribution < -0.4 is 4.74 Å². The van der Waals surface area contributed by atoms with Crippen LogP contribution in [0.4, 0.5) is 8.78 Å². The van der Waals surface area contributed by atoms with E-state index in [4.69, 9.17) is 0 Å². The molecule has 0 fully saturated rings. The van der Waals surface area contributed by atoms with E-state index in [9.17, 15) is 18.7 Å². The first-order valence-corrected chi connectivity index (χ1v) is 7.29. The maximum atomic E-state index is 12.6. The van der Waals surface area contributed by atoms with Crippen LogP contribution in [0.3, 0.4) is 0 Å². The maximum Gasteiger partial charge on any atom is 0.387 e. The van der Waals surface area contributed by atoms with Gasteiger partial charge in [-0.3, -0.25) is 4.79 Å². The maximum absolute atomic E-state index is 12.6. The van der Waals surface area contributed by atoms with Gasteiger partial charge in [0.15, 0.2) is 0 Å². The summed E-state index contributed by atoms with van der Waals surface area (Å²) in [4.78, 5) is 16.9. The normalized spacial score (nSPS) is 12.0. The van der Waals surface area contributed by atoms with E-state index in [2.05, 4.69) is 9.72 Å². The highest BCUT2D eigenvalue weighted by atomic mass is 19.3. The van der Waals surface area contributed by atoms with Crippen LogP contribution in [-0.2, 0) is 0 Å². The average molecular weight is 326 g/mol. The largest absolute Gasteiger partial charge is 0.434 e. The molecule has 2 rings (SSSR count). The van der Waals surface area contributed by atoms with Gasteiger partial charge in [-0.1, -0.05) is 6.07 Å². The first-order chi connectivity index (χ1) is 10.7. The number of hydrogen-bond acceptors (Lipinski definition) is 3. The molecule has 2 aromatic rings. The van der Waals surface area contributed by atoms with Gasteiger partial charge in [0.05, 0.1) is 5.60 Å². The van der Waals surface area contributed by atoms with E-state index in [0.29, 0.717) is 17.4 Å². The molecule has 0 radical (unpaired) electrons. The van der Waals surface area contributed by atoms with E-state index in [-0.39, 0.29) is 23.9 Å². The van der Waals surface area contributed by atoms with Gasteiger partial charge >= 0.3 is 6.61 Å². The number of aliphatic hydroxyl groups is 1. The van der Waals surface area contributed by atoms with Gasteiger partial charge in [-0.05, 0) is 39.0 Å². The number of nitrogens with one attached hydrogen (secondary N) is 1. The second kappa shape index (κ2) is 6.54. The van der Waals surface area contributed by atoms with Crippen molar-refractivity contribution < 1.29 is 23.4 Å². The Morgan fingerprint density at radius 1 is 1.43 bits per heavy atom. The van der Waals surface area contributed by atoms with Crippen molar-refractivity contribution in [1.29, 1.82) is 0 Å². The highest BCUT2D eigenvalue weighted by Gasteiger charge is 2.24. The third kappa shape index (κ3) is 4.19. The van der Waals surface area contributed by atoms with Crippen LogP contribution >= 0.6 is 0 Å². The number of aromatic amines is 1. The Hall–Kier alpha value is -2.15. The quantitative estimate of drug-likeness (QED) is 0.857. The van der Waals surface area contributed by atoms with Crippen LogP contribution in [0, 0.1) is 0 Å². The topological polar surface area (TPSA) is 65.6 Å². The number of ether oxygens (including phenoxy) is 1. The lowest BCUT2D eigenvalue weighted by atomic mass is 10.1. The van der Waals surface area contributed by atoms with Crippen LogP contribution in [-0.4, -0.2) is 46.2 Å². The molecule has 23 heavy (non-hydrogen) atoms. The fraction of sp³-hybridized carbons (Fsp3) is 0.438. The van der Waals surface area contributed by atoms with E-state index >= 15 is 0 Å². The Balaban J connectivity index is 2.34. The fourth-order valence-corrected chi connectivity index (χ4v) is 2.41. The van der Waals surface area contributed by atoms with Crippen molar-refractivity contribution in [3.05, 3.63) is 30.0 Å². The summed E-state index contributed by atoms with van der Waals surface area (Å²) in [5.74, 6) is -0.299. The molecule has 7 heteroatoms. The Labute approximate surface area is 132 Å². The summed E-state index contributed by atoms with van der Waals surface area (Å²) in [5, 5.41) is 10.3. The molecular weight excluding hydrogens is 306 g/mol. The predicted molar refractivity (Wildman–Crippen MR) is 82.8 cm³/mol. The molecule has 0 unspecified atom stereocenters. The summed E-state index contributed by atoms with van der Waals surface area (Å²) in [7, 11) is 0. The predicted octanol–water partition coefficient (Wildman–Crippen LogP) is 3.00. The molecule has 0 aliphatic carbocycles. The third-order valence-corrected chi connectivity index (χ3v) is 3.32. The van der Waals surface area contributed by atoms with E-state index in [1.165, 1.54) is 17.0 Å². The number of carbonyl (C=O) groups is 1. The number of rotatable bonds is 6. The molecule has 1 amide bonds. The SMILES string of the molecule is CCN(CC(C)(C)O)C(=O)c1cc2c(OC(F)F)cccc2[nH]1. The molecule has 0 aliphatic rings. The summed E-state index contributed by atoms with van der Waals surface area (Å²) in [6.45, 7) is 2.68. The zero-order valence-corrected chi connectivity index (χ0v) is 13.3. The summed E-state index contributed by atoms with van der Waals surface area (Å²) in [6, 6.07) is 6.16. The number of H-pyrrole nitrogens is 1. The zero-order chi connectivity index (χ0) is 17.2. The smallest absolute Gasteiger partial charge is 0.387 e. The van der Waals surface area contributed by atoms with Crippen LogP contribution in [0.15, 0.2) is 24.3 Å². The van der Waals surface area contributed by atoms with Gasteiger partial charge in [0.25, 0.3) is 5.91 Å². The Kier molecular flexibility index (Phi) is 4.89. The van der Waals surface area contributed by atoms with Crippen molar-refractivity contribution in [3.8, 4) is 5.75 Å². The van der Waals surface area contributed by atoms with E-state index in [1.54, 1.807) is 32.9 Å². The second-order valence-corrected chi connectivity index (χ2v) is 5.91. The van der Waals surface area contributed by atoms with Gasteiger partial charge in [-0.15, -0.1) is 0 Å². The van der Waals surface area contributed by atoms with Gasteiger partial charge in [0.2, 0.25) is 0 Å². The minimum Gasteiger partial charge on any atom is -0.434 e. The molecule has 0 saturated carbocycles. The number of alkyl halides is 2. The molecule has 2 N–H and O–H groups in total. The molecular formula is C16H20F2N2O3. The number of amides is 1. The number of hydrogen-bond donors (Lipinski definition) is 2. The van der Waals surface area contributed by atoms with Gasteiger partial charge in [-0.2, -0.15) is 8.78 Å². The summed E-state index contributed by atoms with van der Waals surface area (Å²) < 4.78 is 29.4. The highest BCUT2D eigenvalue weighted by molar-refractivity contribution is 5.99. The lowest BCUT2D eigenvalue weighted by Crippen LogP contribution is -2.42. The summed E-state index contributed by atoms with van der Waals surface area (Å²) >= 11 is 0. The zero-order valence-electron chi connectivity index (χ0n) is 13.3. The number of likely N-dealkylation sites (N-methyl/N-ethyl adjacent to an activating group) is 1. The van der Waals surface area contributed by atoms with Crippen molar-refractivity contribution >= 4 is 16.8 Å². The molecule has 5 nitrogen and oxygen atoms in total. The molecule has 0 atom stereocenters. The average Bonchev–Trinajstić information content (AvgIpc) is 2.87. The number of fused-ring (bicyclic) bond motifs is 1. The van der Waals surface area contributed by atoms with Crippen molar-refractivity contribution in [2.24, 2.45) is 0 Å². The third-order valence-electron chi connectivity index (χ3n) is 3.32. The van der Waals surface area contributed by atoms with Gasteiger partial charge < -0.3 is 19.7 Å². The van der Waals surface area contributed by atoms with E-state index in [1.807, 2.05) is 0 Å². The van der Waals surface area contributed by atoms with E-state index in [0.717, 1.165) is 0 Å². The molecule has 126 valence electrons. The molecule has 0 spiro atoms. The van der Waals surface area contributed by atoms with Crippen molar-refractivity contribution in [2.45, 2.75) is 33.0 Å². The van der Waals surface area contributed by atoms with Crippen LogP contribution in [0.2, 0.25) is 0 Å². The van der Waals surface area contributed by atoms with Gasteiger partial charge in [0.1, 0.15) is 11.4 Å². The minimum absolute atomic E-state index is 0.0123. The number of benzene rings is 1. The minimum atomic E-state index is -2.93. The number of nitrogens with zero attached hydrogens (tertiary/aromatic N) is 1. The number of aromatic nitrogens is 1. The fourth-order valence-electron chi connectivity index (χ4n) is 2.41. The van der Waals surface area contributed by atoms with Crippen LogP contribution in [0.5, 0.6) is 5.75 Å². The molecule has 1 aromatic heterocycles. The number of halogens is 2. The number of carbonyl (C=O) groups excluding carboxylic acids is 1.